The van der Waals surface area contributed by atoms with Crippen molar-refractivity contribution in [3.8, 4) is 22.4 Å². The molecule has 3 N–H and O–H groups in total. The standard InChI is InChI=1S/C24H27ClN6O/c1-3-20-22(16-7-9-21(26)27-12-16)23(29-14-28-20)15-6-8-18(19(25)11-15)24(32)30-17-5-4-10-31(2)13-17/h6-9,11-12,14,17H,3-5,10,13H2,1-2H3,(H2,26,27)(H,30,32). The van der Waals surface area contributed by atoms with Gasteiger partial charge in [0, 0.05) is 35.5 Å². The van der Waals surface area contributed by atoms with Gasteiger partial charge in [-0.1, -0.05) is 24.6 Å². The number of aryl methyl sites for hydroxylation is 1. The summed E-state index contributed by atoms with van der Waals surface area (Å²) < 4.78 is 0. The number of amides is 1. The van der Waals surface area contributed by atoms with Crippen LogP contribution < -0.4 is 11.1 Å². The summed E-state index contributed by atoms with van der Waals surface area (Å²) in [6.45, 7) is 3.96. The molecule has 3 heterocycles. The van der Waals surface area contributed by atoms with Gasteiger partial charge < -0.3 is 16.0 Å². The van der Waals surface area contributed by atoms with Crippen molar-refractivity contribution in [3.63, 3.8) is 0 Å². The lowest BCUT2D eigenvalue weighted by Crippen LogP contribution is -2.46. The molecule has 2 aromatic heterocycles. The van der Waals surface area contributed by atoms with E-state index in [1.165, 1.54) is 0 Å². The number of nitrogens with zero attached hydrogens (tertiary/aromatic N) is 4. The van der Waals surface area contributed by atoms with Crippen molar-refractivity contribution in [2.75, 3.05) is 25.9 Å². The SMILES string of the molecule is CCc1ncnc(-c2ccc(C(=O)NC3CCCN(C)C3)c(Cl)c2)c1-c1ccc(N)nc1. The van der Waals surface area contributed by atoms with Crippen molar-refractivity contribution < 1.29 is 4.79 Å². The van der Waals surface area contributed by atoms with Crippen LogP contribution in [0.15, 0.2) is 42.9 Å². The maximum Gasteiger partial charge on any atom is 0.253 e. The average Bonchev–Trinajstić information content (AvgIpc) is 2.79. The van der Waals surface area contributed by atoms with Gasteiger partial charge >= 0.3 is 0 Å². The summed E-state index contributed by atoms with van der Waals surface area (Å²) >= 11 is 6.57. The minimum Gasteiger partial charge on any atom is -0.384 e. The van der Waals surface area contributed by atoms with E-state index < -0.39 is 0 Å². The summed E-state index contributed by atoms with van der Waals surface area (Å²) in [7, 11) is 2.07. The third kappa shape index (κ3) is 4.74. The fourth-order valence-corrected chi connectivity index (χ4v) is 4.43. The van der Waals surface area contributed by atoms with Crippen molar-refractivity contribution in [1.29, 1.82) is 0 Å². The van der Waals surface area contributed by atoms with Gasteiger partial charge in [0.1, 0.15) is 12.1 Å². The zero-order valence-electron chi connectivity index (χ0n) is 18.3. The molecule has 1 amide bonds. The number of carbonyl (C=O) groups excluding carboxylic acids is 1. The van der Waals surface area contributed by atoms with Crippen LogP contribution in [0.5, 0.6) is 0 Å². The van der Waals surface area contributed by atoms with E-state index in [1.807, 2.05) is 19.1 Å². The van der Waals surface area contributed by atoms with Crippen LogP contribution >= 0.6 is 11.6 Å². The van der Waals surface area contributed by atoms with Crippen molar-refractivity contribution in [2.45, 2.75) is 32.2 Å². The maximum absolute atomic E-state index is 12.8. The van der Waals surface area contributed by atoms with E-state index in [0.717, 1.165) is 60.4 Å². The van der Waals surface area contributed by atoms with Gasteiger partial charge in [-0.05, 0) is 57.1 Å². The van der Waals surface area contributed by atoms with Gasteiger partial charge in [-0.2, -0.15) is 0 Å². The van der Waals surface area contributed by atoms with Crippen LogP contribution in [0.25, 0.3) is 22.4 Å². The number of piperidine rings is 1. The molecule has 0 radical (unpaired) electrons. The maximum atomic E-state index is 12.8. The third-order valence-corrected chi connectivity index (χ3v) is 6.10. The van der Waals surface area contributed by atoms with E-state index in [9.17, 15) is 4.79 Å². The molecular weight excluding hydrogens is 424 g/mol. The van der Waals surface area contributed by atoms with Crippen molar-refractivity contribution in [2.24, 2.45) is 0 Å². The highest BCUT2D eigenvalue weighted by Gasteiger charge is 2.22. The van der Waals surface area contributed by atoms with Crippen LogP contribution in [-0.4, -0.2) is 51.9 Å². The van der Waals surface area contributed by atoms with Crippen LogP contribution in [-0.2, 0) is 6.42 Å². The quantitative estimate of drug-likeness (QED) is 0.613. The van der Waals surface area contributed by atoms with Crippen LogP contribution in [0.1, 0.15) is 35.8 Å². The van der Waals surface area contributed by atoms with Gasteiger partial charge in [0.05, 0.1) is 22.0 Å². The van der Waals surface area contributed by atoms with E-state index in [-0.39, 0.29) is 11.9 Å². The van der Waals surface area contributed by atoms with E-state index >= 15 is 0 Å². The van der Waals surface area contributed by atoms with Crippen LogP contribution in [0.4, 0.5) is 5.82 Å². The molecular formula is C24H27ClN6O. The van der Waals surface area contributed by atoms with Crippen molar-refractivity contribution >= 4 is 23.3 Å². The Bertz CT molecular complexity index is 1120. The van der Waals surface area contributed by atoms with E-state index in [1.54, 1.807) is 30.7 Å². The third-order valence-electron chi connectivity index (χ3n) is 5.78. The van der Waals surface area contributed by atoms with Crippen molar-refractivity contribution in [1.82, 2.24) is 25.2 Å². The topological polar surface area (TPSA) is 97.0 Å². The predicted molar refractivity (Wildman–Crippen MR) is 127 cm³/mol. The molecule has 1 fully saturated rings. The Morgan fingerprint density at radius 1 is 1.22 bits per heavy atom. The Labute approximate surface area is 193 Å². The Hall–Kier alpha value is -3.03. The summed E-state index contributed by atoms with van der Waals surface area (Å²) in [5, 5.41) is 3.51. The van der Waals surface area contributed by atoms with Gasteiger partial charge in [0.15, 0.2) is 0 Å². The number of rotatable bonds is 5. The first-order valence-electron chi connectivity index (χ1n) is 10.8. The molecule has 1 aliphatic rings. The molecule has 1 saturated heterocycles. The molecule has 1 atom stereocenters. The number of pyridine rings is 1. The number of anilines is 1. The molecule has 7 nitrogen and oxygen atoms in total. The largest absolute Gasteiger partial charge is 0.384 e. The Balaban J connectivity index is 1.66. The van der Waals surface area contributed by atoms with Crippen LogP contribution in [0.2, 0.25) is 5.02 Å². The first kappa shape index (κ1) is 22.2. The number of hydrogen-bond acceptors (Lipinski definition) is 6. The Kier molecular flexibility index (Phi) is 6.67. The highest BCUT2D eigenvalue weighted by Crippen LogP contribution is 2.34. The fourth-order valence-electron chi connectivity index (χ4n) is 4.16. The summed E-state index contributed by atoms with van der Waals surface area (Å²) in [5.41, 5.74) is 10.5. The molecule has 0 bridgehead atoms. The van der Waals surface area contributed by atoms with Crippen LogP contribution in [0.3, 0.4) is 0 Å². The van der Waals surface area contributed by atoms with Gasteiger partial charge in [-0.3, -0.25) is 4.79 Å². The number of nitrogens with one attached hydrogen (secondary N) is 1. The van der Waals surface area contributed by atoms with Crippen molar-refractivity contribution in [3.05, 3.63) is 59.1 Å². The first-order valence-corrected chi connectivity index (χ1v) is 11.2. The molecule has 0 aliphatic carbocycles. The highest BCUT2D eigenvalue weighted by atomic mass is 35.5. The Morgan fingerprint density at radius 2 is 2.03 bits per heavy atom. The molecule has 0 saturated carbocycles. The lowest BCUT2D eigenvalue weighted by Gasteiger charge is -2.30. The number of nitrogens with two attached hydrogens (primary N) is 1. The molecule has 1 aromatic carbocycles. The molecule has 4 rings (SSSR count). The number of halogens is 1. The lowest BCUT2D eigenvalue weighted by molar-refractivity contribution is 0.0912. The molecule has 1 unspecified atom stereocenters. The second-order valence-electron chi connectivity index (χ2n) is 8.14. The smallest absolute Gasteiger partial charge is 0.253 e. The number of carbonyl (C=O) groups is 1. The molecule has 8 heteroatoms. The monoisotopic (exact) mass is 450 g/mol. The number of likely N-dealkylation sites (tertiary alicyclic amines) is 1. The van der Waals surface area contributed by atoms with Gasteiger partial charge in [0.25, 0.3) is 5.91 Å². The van der Waals surface area contributed by atoms with Gasteiger partial charge in [0.2, 0.25) is 0 Å². The van der Waals surface area contributed by atoms with Gasteiger partial charge in [-0.15, -0.1) is 0 Å². The normalized spacial score (nSPS) is 16.7. The predicted octanol–water partition coefficient (Wildman–Crippen LogP) is 3.83. The summed E-state index contributed by atoms with van der Waals surface area (Å²) in [5.74, 6) is 0.300. The zero-order valence-corrected chi connectivity index (χ0v) is 19.1. The Morgan fingerprint density at radius 3 is 2.72 bits per heavy atom. The number of nitrogen functional groups attached to an aromatic ring is 1. The molecule has 1 aliphatic heterocycles. The molecule has 3 aromatic rings. The second kappa shape index (κ2) is 9.63. The lowest BCUT2D eigenvalue weighted by atomic mass is 9.97. The average molecular weight is 451 g/mol. The minimum atomic E-state index is -0.151. The van der Waals surface area contributed by atoms with E-state index in [2.05, 4.69) is 32.2 Å². The summed E-state index contributed by atoms with van der Waals surface area (Å²) in [6.07, 6.45) is 6.06. The number of hydrogen-bond donors (Lipinski definition) is 2. The second-order valence-corrected chi connectivity index (χ2v) is 8.55. The molecule has 0 spiro atoms. The van der Waals surface area contributed by atoms with Crippen LogP contribution in [0, 0.1) is 0 Å². The summed E-state index contributed by atoms with van der Waals surface area (Å²) in [6, 6.07) is 9.24. The first-order chi connectivity index (χ1) is 15.5. The van der Waals surface area contributed by atoms with Gasteiger partial charge in [-0.25, -0.2) is 15.0 Å². The minimum absolute atomic E-state index is 0.135. The zero-order chi connectivity index (χ0) is 22.7. The molecule has 166 valence electrons. The summed E-state index contributed by atoms with van der Waals surface area (Å²) in [4.78, 5) is 28.3. The van der Waals surface area contributed by atoms with E-state index in [0.29, 0.717) is 16.4 Å². The molecule has 32 heavy (non-hydrogen) atoms. The fraction of sp³-hybridized carbons (Fsp3) is 0.333. The highest BCUT2D eigenvalue weighted by molar-refractivity contribution is 6.34. The number of benzene rings is 1. The van der Waals surface area contributed by atoms with E-state index in [4.69, 9.17) is 17.3 Å². The number of aromatic nitrogens is 3. The number of likely N-dealkylation sites (N-methyl/N-ethyl adjacent to an activating group) is 1.